The second-order valence-electron chi connectivity index (χ2n) is 7.58. The standard InChI is InChI=1S/C22H28FN5O/c1-2-25-9-11-28(12-10-25)22(29)21-17-20(7-8-24-21)27-15-13-26(14-16-27)19-5-3-18(23)4-6-19/h3-8,17H,2,9-16H2,1H3. The number of halogens is 1. The minimum Gasteiger partial charge on any atom is -0.368 e. The molecule has 0 radical (unpaired) electrons. The van der Waals surface area contributed by atoms with Gasteiger partial charge < -0.3 is 19.6 Å². The van der Waals surface area contributed by atoms with Crippen LogP contribution >= 0.6 is 0 Å². The van der Waals surface area contributed by atoms with Crippen LogP contribution in [0.3, 0.4) is 0 Å². The third-order valence-corrected chi connectivity index (χ3v) is 5.91. The highest BCUT2D eigenvalue weighted by Crippen LogP contribution is 2.21. The van der Waals surface area contributed by atoms with E-state index < -0.39 is 0 Å². The van der Waals surface area contributed by atoms with Gasteiger partial charge in [-0.05, 0) is 42.9 Å². The molecule has 1 amide bonds. The van der Waals surface area contributed by atoms with Crippen LogP contribution in [0.5, 0.6) is 0 Å². The van der Waals surface area contributed by atoms with E-state index in [2.05, 4.69) is 26.6 Å². The number of hydrogen-bond donors (Lipinski definition) is 0. The average Bonchev–Trinajstić information content (AvgIpc) is 2.79. The molecule has 154 valence electrons. The summed E-state index contributed by atoms with van der Waals surface area (Å²) in [7, 11) is 0. The highest BCUT2D eigenvalue weighted by Gasteiger charge is 2.24. The molecule has 3 heterocycles. The Hall–Kier alpha value is -2.67. The van der Waals surface area contributed by atoms with Crippen molar-refractivity contribution in [2.75, 3.05) is 68.7 Å². The molecule has 2 aliphatic heterocycles. The second-order valence-corrected chi connectivity index (χ2v) is 7.58. The van der Waals surface area contributed by atoms with Gasteiger partial charge in [-0.15, -0.1) is 0 Å². The van der Waals surface area contributed by atoms with Crippen molar-refractivity contribution >= 4 is 17.3 Å². The smallest absolute Gasteiger partial charge is 0.272 e. The lowest BCUT2D eigenvalue weighted by atomic mass is 10.2. The zero-order valence-electron chi connectivity index (χ0n) is 16.9. The van der Waals surface area contributed by atoms with Gasteiger partial charge in [-0.25, -0.2) is 4.39 Å². The maximum absolute atomic E-state index is 13.1. The normalized spacial score (nSPS) is 18.2. The minimum absolute atomic E-state index is 0.0209. The van der Waals surface area contributed by atoms with Gasteiger partial charge in [0.05, 0.1) is 0 Å². The van der Waals surface area contributed by atoms with Gasteiger partial charge in [0.2, 0.25) is 0 Å². The summed E-state index contributed by atoms with van der Waals surface area (Å²) in [5, 5.41) is 0. The Kier molecular flexibility index (Phi) is 5.94. The van der Waals surface area contributed by atoms with Gasteiger partial charge in [-0.1, -0.05) is 6.92 Å². The third kappa shape index (κ3) is 4.50. The number of carbonyl (C=O) groups is 1. The van der Waals surface area contributed by atoms with Gasteiger partial charge in [0.25, 0.3) is 5.91 Å². The van der Waals surface area contributed by atoms with E-state index in [-0.39, 0.29) is 11.7 Å². The molecular formula is C22H28FN5O. The van der Waals surface area contributed by atoms with Crippen molar-refractivity contribution < 1.29 is 9.18 Å². The summed E-state index contributed by atoms with van der Waals surface area (Å²) in [6.07, 6.45) is 1.73. The molecule has 0 atom stereocenters. The summed E-state index contributed by atoms with van der Waals surface area (Å²) >= 11 is 0. The molecular weight excluding hydrogens is 369 g/mol. The van der Waals surface area contributed by atoms with Crippen LogP contribution in [0.15, 0.2) is 42.6 Å². The van der Waals surface area contributed by atoms with Gasteiger partial charge in [0.15, 0.2) is 0 Å². The van der Waals surface area contributed by atoms with Gasteiger partial charge in [-0.2, -0.15) is 0 Å². The molecule has 1 aromatic carbocycles. The Bertz CT molecular complexity index is 827. The van der Waals surface area contributed by atoms with E-state index in [4.69, 9.17) is 0 Å². The fourth-order valence-corrected chi connectivity index (χ4v) is 4.04. The molecule has 0 unspecified atom stereocenters. The predicted molar refractivity (Wildman–Crippen MR) is 113 cm³/mol. The maximum Gasteiger partial charge on any atom is 0.272 e. The lowest BCUT2D eigenvalue weighted by molar-refractivity contribution is 0.0637. The van der Waals surface area contributed by atoms with Crippen molar-refractivity contribution in [3.8, 4) is 0 Å². The van der Waals surface area contributed by atoms with Crippen molar-refractivity contribution in [2.45, 2.75) is 6.92 Å². The number of benzene rings is 1. The van der Waals surface area contributed by atoms with Gasteiger partial charge >= 0.3 is 0 Å². The SMILES string of the molecule is CCN1CCN(C(=O)c2cc(N3CCN(c4ccc(F)cc4)CC3)ccn2)CC1. The molecule has 4 rings (SSSR count). The zero-order valence-corrected chi connectivity index (χ0v) is 16.9. The van der Waals surface area contributed by atoms with Crippen LogP contribution in [0.25, 0.3) is 0 Å². The van der Waals surface area contributed by atoms with Crippen LogP contribution in [0, 0.1) is 5.82 Å². The van der Waals surface area contributed by atoms with E-state index in [0.717, 1.165) is 70.3 Å². The summed E-state index contributed by atoms with van der Waals surface area (Å²) in [5.41, 5.74) is 2.60. The van der Waals surface area contributed by atoms with Crippen molar-refractivity contribution in [3.63, 3.8) is 0 Å². The van der Waals surface area contributed by atoms with E-state index in [0.29, 0.717) is 5.69 Å². The molecule has 6 nitrogen and oxygen atoms in total. The molecule has 7 heteroatoms. The first-order valence-corrected chi connectivity index (χ1v) is 10.4. The predicted octanol–water partition coefficient (Wildman–Crippen LogP) is 2.33. The Morgan fingerprint density at radius 1 is 0.897 bits per heavy atom. The van der Waals surface area contributed by atoms with E-state index in [1.807, 2.05) is 29.2 Å². The number of likely N-dealkylation sites (N-methyl/N-ethyl adjacent to an activating group) is 1. The lowest BCUT2D eigenvalue weighted by Gasteiger charge is -2.37. The summed E-state index contributed by atoms with van der Waals surface area (Å²) in [4.78, 5) is 26.0. The molecule has 0 saturated carbocycles. The third-order valence-electron chi connectivity index (χ3n) is 5.91. The van der Waals surface area contributed by atoms with Crippen LogP contribution in [-0.2, 0) is 0 Å². The van der Waals surface area contributed by atoms with Gasteiger partial charge in [0, 0.05) is 69.9 Å². The van der Waals surface area contributed by atoms with Crippen molar-refractivity contribution in [2.24, 2.45) is 0 Å². The van der Waals surface area contributed by atoms with E-state index in [1.165, 1.54) is 12.1 Å². The number of aromatic nitrogens is 1. The molecule has 29 heavy (non-hydrogen) atoms. The first-order valence-electron chi connectivity index (χ1n) is 10.4. The number of rotatable bonds is 4. The maximum atomic E-state index is 13.1. The highest BCUT2D eigenvalue weighted by atomic mass is 19.1. The number of pyridine rings is 1. The first kappa shape index (κ1) is 19.6. The average molecular weight is 397 g/mol. The Labute approximate surface area is 171 Å². The molecule has 0 spiro atoms. The largest absolute Gasteiger partial charge is 0.368 e. The van der Waals surface area contributed by atoms with E-state index >= 15 is 0 Å². The van der Waals surface area contributed by atoms with Crippen LogP contribution in [0.2, 0.25) is 0 Å². The van der Waals surface area contributed by atoms with Crippen LogP contribution < -0.4 is 9.80 Å². The molecule has 2 fully saturated rings. The number of carbonyl (C=O) groups excluding carboxylic acids is 1. The van der Waals surface area contributed by atoms with Crippen molar-refractivity contribution in [3.05, 3.63) is 54.1 Å². The first-order chi connectivity index (χ1) is 14.1. The fraction of sp³-hybridized carbons (Fsp3) is 0.455. The number of piperazine rings is 2. The highest BCUT2D eigenvalue weighted by molar-refractivity contribution is 5.93. The topological polar surface area (TPSA) is 42.9 Å². The van der Waals surface area contributed by atoms with Crippen molar-refractivity contribution in [1.82, 2.24) is 14.8 Å². The molecule has 2 saturated heterocycles. The van der Waals surface area contributed by atoms with Crippen LogP contribution in [-0.4, -0.2) is 79.6 Å². The zero-order chi connectivity index (χ0) is 20.2. The summed E-state index contributed by atoms with van der Waals surface area (Å²) in [5.74, 6) is -0.190. The summed E-state index contributed by atoms with van der Waals surface area (Å²) in [6, 6.07) is 10.5. The Morgan fingerprint density at radius 2 is 1.52 bits per heavy atom. The van der Waals surface area contributed by atoms with Crippen LogP contribution in [0.1, 0.15) is 17.4 Å². The lowest BCUT2D eigenvalue weighted by Crippen LogP contribution is -2.48. The fourth-order valence-electron chi connectivity index (χ4n) is 4.04. The minimum atomic E-state index is -0.211. The van der Waals surface area contributed by atoms with Gasteiger partial charge in [0.1, 0.15) is 11.5 Å². The molecule has 0 N–H and O–H groups in total. The number of nitrogens with zero attached hydrogens (tertiary/aromatic N) is 5. The molecule has 1 aromatic heterocycles. The summed E-state index contributed by atoms with van der Waals surface area (Å²) < 4.78 is 13.1. The molecule has 0 aliphatic carbocycles. The second kappa shape index (κ2) is 8.78. The number of amides is 1. The van der Waals surface area contributed by atoms with E-state index in [9.17, 15) is 9.18 Å². The molecule has 2 aliphatic rings. The quantitative estimate of drug-likeness (QED) is 0.792. The van der Waals surface area contributed by atoms with E-state index in [1.54, 1.807) is 6.20 Å². The molecule has 0 bridgehead atoms. The number of anilines is 2. The Morgan fingerprint density at radius 3 is 2.14 bits per heavy atom. The molecule has 2 aromatic rings. The van der Waals surface area contributed by atoms with Crippen molar-refractivity contribution in [1.29, 1.82) is 0 Å². The Balaban J connectivity index is 1.38. The number of hydrogen-bond acceptors (Lipinski definition) is 5. The monoisotopic (exact) mass is 397 g/mol. The van der Waals surface area contributed by atoms with Gasteiger partial charge in [-0.3, -0.25) is 9.78 Å². The van der Waals surface area contributed by atoms with Crippen LogP contribution in [0.4, 0.5) is 15.8 Å². The summed E-state index contributed by atoms with van der Waals surface area (Å²) in [6.45, 7) is 9.96.